The molecule has 3 heteroatoms. The van der Waals surface area contributed by atoms with Crippen LogP contribution in [0.1, 0.15) is 71.1 Å². The fraction of sp³-hybridized carbons (Fsp3) is 1.00. The summed E-state index contributed by atoms with van der Waals surface area (Å²) >= 11 is 0. The second kappa shape index (κ2) is 18.6. The average molecular weight is 266 g/mol. The summed E-state index contributed by atoms with van der Waals surface area (Å²) in [5, 5.41) is 11.9. The topological polar surface area (TPSA) is 32.3 Å². The van der Waals surface area contributed by atoms with Gasteiger partial charge in [0.05, 0.1) is 0 Å². The van der Waals surface area contributed by atoms with Crippen molar-refractivity contribution in [2.75, 3.05) is 19.7 Å². The molecule has 0 spiro atoms. The molecule has 17 heavy (non-hydrogen) atoms. The molecular formula is C14H32ClNO. The third-order valence-corrected chi connectivity index (χ3v) is 2.97. The quantitative estimate of drug-likeness (QED) is 0.495. The van der Waals surface area contributed by atoms with Gasteiger partial charge in [0.1, 0.15) is 0 Å². The molecule has 0 unspecified atom stereocenters. The van der Waals surface area contributed by atoms with E-state index in [0.717, 1.165) is 19.5 Å². The Bertz CT molecular complexity index is 109. The van der Waals surface area contributed by atoms with Crippen LogP contribution in [0.4, 0.5) is 0 Å². The lowest BCUT2D eigenvalue weighted by Crippen LogP contribution is -2.17. The molecule has 0 fully saturated rings. The largest absolute Gasteiger partial charge is 0.396 e. The maximum atomic E-state index is 8.59. The Kier molecular flexibility index (Phi) is 21.4. The second-order valence-corrected chi connectivity index (χ2v) is 4.66. The number of nitrogens with one attached hydrogen (secondary N) is 1. The highest BCUT2D eigenvalue weighted by Gasteiger charge is 1.92. The van der Waals surface area contributed by atoms with E-state index in [2.05, 4.69) is 12.2 Å². The van der Waals surface area contributed by atoms with Crippen LogP contribution in [0.25, 0.3) is 0 Å². The fourth-order valence-corrected chi connectivity index (χ4v) is 1.89. The van der Waals surface area contributed by atoms with Crippen LogP contribution in [-0.2, 0) is 0 Å². The highest BCUT2D eigenvalue weighted by molar-refractivity contribution is 5.85. The third kappa shape index (κ3) is 18.8. The summed E-state index contributed by atoms with van der Waals surface area (Å²) in [5.74, 6) is 0. The molecule has 106 valence electrons. The van der Waals surface area contributed by atoms with Crippen molar-refractivity contribution in [3.8, 4) is 0 Å². The third-order valence-electron chi connectivity index (χ3n) is 2.97. The zero-order valence-corrected chi connectivity index (χ0v) is 12.4. The Balaban J connectivity index is 0. The van der Waals surface area contributed by atoms with Gasteiger partial charge in [-0.15, -0.1) is 12.4 Å². The maximum absolute atomic E-state index is 8.59. The highest BCUT2D eigenvalue weighted by atomic mass is 35.5. The van der Waals surface area contributed by atoms with Gasteiger partial charge in [-0.25, -0.2) is 0 Å². The summed E-state index contributed by atoms with van der Waals surface area (Å²) < 4.78 is 0. The fourth-order valence-electron chi connectivity index (χ4n) is 1.89. The molecule has 0 bridgehead atoms. The normalized spacial score (nSPS) is 10.2. The van der Waals surface area contributed by atoms with E-state index < -0.39 is 0 Å². The van der Waals surface area contributed by atoms with E-state index in [1.54, 1.807) is 0 Å². The predicted molar refractivity (Wildman–Crippen MR) is 79.0 cm³/mol. The molecule has 0 rings (SSSR count). The first-order valence-electron chi connectivity index (χ1n) is 7.23. The number of rotatable bonds is 13. The summed E-state index contributed by atoms with van der Waals surface area (Å²) in [6.07, 6.45) is 13.4. The smallest absolute Gasteiger partial charge is 0.0443 e. The van der Waals surface area contributed by atoms with E-state index in [1.807, 2.05) is 0 Å². The van der Waals surface area contributed by atoms with Gasteiger partial charge in [-0.2, -0.15) is 0 Å². The van der Waals surface area contributed by atoms with Gasteiger partial charge >= 0.3 is 0 Å². The van der Waals surface area contributed by atoms with Crippen LogP contribution in [0.15, 0.2) is 0 Å². The molecule has 0 amide bonds. The van der Waals surface area contributed by atoms with Gasteiger partial charge in [-0.05, 0) is 25.9 Å². The molecule has 0 aliphatic heterocycles. The Labute approximate surface area is 114 Å². The van der Waals surface area contributed by atoms with Crippen LogP contribution < -0.4 is 5.32 Å². The minimum atomic E-state index is 0. The number of aliphatic hydroxyl groups excluding tert-OH is 1. The van der Waals surface area contributed by atoms with Crippen LogP contribution >= 0.6 is 12.4 Å². The molecule has 0 radical (unpaired) electrons. The Morgan fingerprint density at radius 3 is 1.71 bits per heavy atom. The SMILES string of the molecule is CCCCCCCCCCCNCCCO.Cl. The summed E-state index contributed by atoms with van der Waals surface area (Å²) in [7, 11) is 0. The first-order chi connectivity index (χ1) is 7.91. The van der Waals surface area contributed by atoms with E-state index in [0.29, 0.717) is 6.61 Å². The molecule has 0 aromatic heterocycles. The standard InChI is InChI=1S/C14H31NO.ClH/c1-2-3-4-5-6-7-8-9-10-12-15-13-11-14-16;/h15-16H,2-14H2,1H3;1H. The van der Waals surface area contributed by atoms with Crippen LogP contribution in [0.5, 0.6) is 0 Å². The number of halogens is 1. The zero-order valence-electron chi connectivity index (χ0n) is 11.5. The van der Waals surface area contributed by atoms with E-state index >= 15 is 0 Å². The van der Waals surface area contributed by atoms with Crippen LogP contribution in [0, 0.1) is 0 Å². The minimum absolute atomic E-state index is 0. The molecule has 0 atom stereocenters. The number of hydrogen-bond acceptors (Lipinski definition) is 2. The molecule has 0 saturated heterocycles. The monoisotopic (exact) mass is 265 g/mol. The molecule has 0 aromatic carbocycles. The van der Waals surface area contributed by atoms with Crippen LogP contribution in [0.2, 0.25) is 0 Å². The molecule has 0 saturated carbocycles. The van der Waals surface area contributed by atoms with Gasteiger partial charge in [0.25, 0.3) is 0 Å². The molecule has 2 N–H and O–H groups in total. The second-order valence-electron chi connectivity index (χ2n) is 4.66. The number of hydrogen-bond donors (Lipinski definition) is 2. The van der Waals surface area contributed by atoms with E-state index in [9.17, 15) is 0 Å². The van der Waals surface area contributed by atoms with Crippen molar-refractivity contribution in [1.29, 1.82) is 0 Å². The molecule has 0 aliphatic carbocycles. The molecular weight excluding hydrogens is 234 g/mol. The van der Waals surface area contributed by atoms with Crippen LogP contribution in [-0.4, -0.2) is 24.8 Å². The summed E-state index contributed by atoms with van der Waals surface area (Å²) in [5.41, 5.74) is 0. The van der Waals surface area contributed by atoms with E-state index in [-0.39, 0.29) is 12.4 Å². The van der Waals surface area contributed by atoms with Crippen molar-refractivity contribution >= 4 is 12.4 Å². The highest BCUT2D eigenvalue weighted by Crippen LogP contribution is 2.09. The van der Waals surface area contributed by atoms with Crippen molar-refractivity contribution in [2.24, 2.45) is 0 Å². The van der Waals surface area contributed by atoms with Crippen LogP contribution in [0.3, 0.4) is 0 Å². The van der Waals surface area contributed by atoms with Gasteiger partial charge in [-0.3, -0.25) is 0 Å². The first kappa shape index (κ1) is 19.5. The lowest BCUT2D eigenvalue weighted by molar-refractivity contribution is 0.286. The molecule has 0 heterocycles. The number of unbranched alkanes of at least 4 members (excludes halogenated alkanes) is 8. The Morgan fingerprint density at radius 2 is 1.18 bits per heavy atom. The summed E-state index contributed by atoms with van der Waals surface area (Å²) in [6.45, 7) is 4.66. The van der Waals surface area contributed by atoms with Crippen molar-refractivity contribution in [3.63, 3.8) is 0 Å². The molecule has 0 aliphatic rings. The van der Waals surface area contributed by atoms with Gasteiger partial charge in [-0.1, -0.05) is 58.3 Å². The summed E-state index contributed by atoms with van der Waals surface area (Å²) in [6, 6.07) is 0. The average Bonchev–Trinajstić information content (AvgIpc) is 2.31. The van der Waals surface area contributed by atoms with E-state index in [4.69, 9.17) is 5.11 Å². The van der Waals surface area contributed by atoms with Crippen molar-refractivity contribution in [1.82, 2.24) is 5.32 Å². The number of aliphatic hydroxyl groups is 1. The minimum Gasteiger partial charge on any atom is -0.396 e. The Morgan fingerprint density at radius 1 is 0.706 bits per heavy atom. The first-order valence-corrected chi connectivity index (χ1v) is 7.23. The van der Waals surface area contributed by atoms with Crippen molar-refractivity contribution < 1.29 is 5.11 Å². The molecule has 0 aromatic rings. The lowest BCUT2D eigenvalue weighted by Gasteiger charge is -2.03. The maximum Gasteiger partial charge on any atom is 0.0443 e. The zero-order chi connectivity index (χ0) is 11.9. The van der Waals surface area contributed by atoms with Crippen molar-refractivity contribution in [2.45, 2.75) is 71.1 Å². The lowest BCUT2D eigenvalue weighted by atomic mass is 10.1. The Hall–Kier alpha value is 0.210. The van der Waals surface area contributed by atoms with Crippen molar-refractivity contribution in [3.05, 3.63) is 0 Å². The summed E-state index contributed by atoms with van der Waals surface area (Å²) in [4.78, 5) is 0. The van der Waals surface area contributed by atoms with Gasteiger partial charge in [0.2, 0.25) is 0 Å². The predicted octanol–water partition coefficient (Wildman–Crippen LogP) is 3.91. The van der Waals surface area contributed by atoms with Gasteiger partial charge < -0.3 is 10.4 Å². The molecule has 2 nitrogen and oxygen atoms in total. The van der Waals surface area contributed by atoms with E-state index in [1.165, 1.54) is 57.8 Å². The van der Waals surface area contributed by atoms with Gasteiger partial charge in [0, 0.05) is 6.61 Å². The van der Waals surface area contributed by atoms with Gasteiger partial charge in [0.15, 0.2) is 0 Å².